The fourth-order valence-corrected chi connectivity index (χ4v) is 5.28. The van der Waals surface area contributed by atoms with Gasteiger partial charge in [0.2, 0.25) is 5.95 Å². The normalized spacial score (nSPS) is 17.5. The summed E-state index contributed by atoms with van der Waals surface area (Å²) in [5.74, 6) is -0.0915. The first-order valence-corrected chi connectivity index (χ1v) is 13.1. The topological polar surface area (TPSA) is 65.6 Å². The number of anilines is 4. The zero-order chi connectivity index (χ0) is 25.5. The number of ether oxygens (including phenoxy) is 1. The monoisotopic (exact) mass is 506 g/mol. The van der Waals surface area contributed by atoms with E-state index in [1.54, 1.807) is 6.07 Å². The Bertz CT molecular complexity index is 1310. The molecule has 0 bridgehead atoms. The highest BCUT2D eigenvalue weighted by molar-refractivity contribution is 5.73. The lowest BCUT2D eigenvalue weighted by atomic mass is 10.1. The van der Waals surface area contributed by atoms with E-state index < -0.39 is 11.6 Å². The lowest BCUT2D eigenvalue weighted by Crippen LogP contribution is -2.43. The third kappa shape index (κ3) is 4.80. The first-order chi connectivity index (χ1) is 18.0. The molecule has 3 aromatic rings. The molecule has 0 spiro atoms. The molecule has 3 aliphatic rings. The number of benzene rings is 2. The highest BCUT2D eigenvalue weighted by Gasteiger charge is 2.29. The Morgan fingerprint density at radius 2 is 1.84 bits per heavy atom. The number of fused-ring (bicyclic) bond motifs is 1. The molecule has 0 unspecified atom stereocenters. The summed E-state index contributed by atoms with van der Waals surface area (Å²) in [7, 11) is 0. The van der Waals surface area contributed by atoms with Crippen LogP contribution in [0.15, 0.2) is 36.5 Å². The van der Waals surface area contributed by atoms with E-state index >= 15 is 4.39 Å². The maximum Gasteiger partial charge on any atom is 0.227 e. The van der Waals surface area contributed by atoms with Crippen LogP contribution < -0.4 is 25.2 Å². The van der Waals surface area contributed by atoms with Crippen LogP contribution in [0.4, 0.5) is 31.8 Å². The molecule has 2 aliphatic heterocycles. The van der Waals surface area contributed by atoms with Crippen molar-refractivity contribution in [2.45, 2.75) is 38.6 Å². The van der Waals surface area contributed by atoms with Crippen molar-refractivity contribution < 1.29 is 13.5 Å². The zero-order valence-electron chi connectivity index (χ0n) is 21.2. The molecule has 2 N–H and O–H groups in total. The predicted molar refractivity (Wildman–Crippen MR) is 142 cm³/mol. The zero-order valence-corrected chi connectivity index (χ0v) is 21.2. The van der Waals surface area contributed by atoms with Gasteiger partial charge in [0.15, 0.2) is 17.4 Å². The van der Waals surface area contributed by atoms with E-state index in [0.29, 0.717) is 30.3 Å². The third-order valence-electron chi connectivity index (χ3n) is 7.31. The number of piperazine rings is 1. The van der Waals surface area contributed by atoms with Gasteiger partial charge in [-0.3, -0.25) is 0 Å². The van der Waals surface area contributed by atoms with Gasteiger partial charge in [-0.05, 0) is 68.5 Å². The maximum atomic E-state index is 15.0. The second-order valence-corrected chi connectivity index (χ2v) is 10.2. The van der Waals surface area contributed by atoms with Crippen LogP contribution in [0.1, 0.15) is 38.2 Å². The Morgan fingerprint density at radius 3 is 2.59 bits per heavy atom. The van der Waals surface area contributed by atoms with E-state index in [4.69, 9.17) is 4.74 Å². The van der Waals surface area contributed by atoms with Crippen LogP contribution >= 0.6 is 0 Å². The molecular formula is C28H32F2N6O. The molecular weight excluding hydrogens is 474 g/mol. The molecule has 2 fully saturated rings. The van der Waals surface area contributed by atoms with Crippen molar-refractivity contribution in [2.24, 2.45) is 0 Å². The van der Waals surface area contributed by atoms with Crippen molar-refractivity contribution in [3.05, 3.63) is 53.7 Å². The second kappa shape index (κ2) is 9.78. The van der Waals surface area contributed by atoms with Crippen LogP contribution in [-0.2, 0) is 0 Å². The van der Waals surface area contributed by atoms with Crippen molar-refractivity contribution in [3.8, 4) is 17.0 Å². The number of nitrogens with one attached hydrogen (secondary N) is 2. The van der Waals surface area contributed by atoms with Crippen molar-refractivity contribution in [2.75, 3.05) is 54.4 Å². The quantitative estimate of drug-likeness (QED) is 0.485. The van der Waals surface area contributed by atoms with Gasteiger partial charge in [-0.2, -0.15) is 0 Å². The van der Waals surface area contributed by atoms with Crippen LogP contribution in [0.5, 0.6) is 5.75 Å². The molecule has 0 amide bonds. The first-order valence-electron chi connectivity index (χ1n) is 13.1. The van der Waals surface area contributed by atoms with Crippen molar-refractivity contribution in [1.82, 2.24) is 15.3 Å². The molecule has 1 saturated heterocycles. The number of aromatic nitrogens is 2. The number of rotatable bonds is 6. The largest absolute Gasteiger partial charge is 0.486 e. The van der Waals surface area contributed by atoms with Gasteiger partial charge in [0, 0.05) is 49.2 Å². The minimum absolute atomic E-state index is 0.0494. The van der Waals surface area contributed by atoms with E-state index in [9.17, 15) is 4.39 Å². The number of hydrogen-bond donors (Lipinski definition) is 2. The molecule has 9 heteroatoms. The summed E-state index contributed by atoms with van der Waals surface area (Å²) < 4.78 is 35.5. The molecule has 1 aromatic heterocycles. The van der Waals surface area contributed by atoms with E-state index in [1.165, 1.54) is 30.2 Å². The third-order valence-corrected chi connectivity index (χ3v) is 7.31. The van der Waals surface area contributed by atoms with Crippen molar-refractivity contribution >= 4 is 23.0 Å². The lowest BCUT2D eigenvalue weighted by Gasteiger charge is -2.34. The Hall–Kier alpha value is -3.46. The summed E-state index contributed by atoms with van der Waals surface area (Å²) in [6.07, 6.45) is 3.52. The summed E-state index contributed by atoms with van der Waals surface area (Å²) in [6.45, 7) is 9.09. The Kier molecular flexibility index (Phi) is 6.32. The van der Waals surface area contributed by atoms with Crippen LogP contribution in [0, 0.1) is 11.6 Å². The van der Waals surface area contributed by atoms with Gasteiger partial charge in [0.1, 0.15) is 12.3 Å². The summed E-state index contributed by atoms with van der Waals surface area (Å²) in [5.41, 5.74) is 4.49. The van der Waals surface area contributed by atoms with E-state index in [1.807, 2.05) is 19.9 Å². The van der Waals surface area contributed by atoms with Crippen LogP contribution in [0.2, 0.25) is 0 Å². The van der Waals surface area contributed by atoms with Gasteiger partial charge < -0.3 is 25.2 Å². The molecule has 3 heterocycles. The SMILES string of the molecule is CC(C)N1CCOc2c(F)cc(-c3nc(Nc4ccc(N5CCNCC5)c(C5CC5)c4)ncc3F)cc21. The first kappa shape index (κ1) is 23.9. The Labute approximate surface area is 215 Å². The van der Waals surface area contributed by atoms with Crippen LogP contribution in [-0.4, -0.2) is 55.3 Å². The fraction of sp³-hybridized carbons (Fsp3) is 0.429. The summed E-state index contributed by atoms with van der Waals surface area (Å²) >= 11 is 0. The average molecular weight is 507 g/mol. The number of halogens is 2. The molecule has 37 heavy (non-hydrogen) atoms. The predicted octanol–water partition coefficient (Wildman–Crippen LogP) is 5.06. The Balaban J connectivity index is 1.31. The van der Waals surface area contributed by atoms with Gasteiger partial charge in [-0.15, -0.1) is 0 Å². The van der Waals surface area contributed by atoms with Gasteiger partial charge in [-0.25, -0.2) is 18.7 Å². The summed E-state index contributed by atoms with van der Waals surface area (Å²) in [5, 5.41) is 6.66. The minimum Gasteiger partial charge on any atom is -0.486 e. The summed E-state index contributed by atoms with van der Waals surface area (Å²) in [6, 6.07) is 9.52. The van der Waals surface area contributed by atoms with Crippen LogP contribution in [0.25, 0.3) is 11.3 Å². The number of hydrogen-bond acceptors (Lipinski definition) is 7. The standard InChI is InChI=1S/C28H32F2N6O/c1-17(2)36-11-12-37-27-22(29)13-19(14-25(27)36)26-23(30)16-32-28(34-26)33-20-5-6-24(21(15-20)18-3-4-18)35-9-7-31-8-10-35/h5-6,13-18,31H,3-4,7-12H2,1-2H3,(H,32,33,34). The highest BCUT2D eigenvalue weighted by atomic mass is 19.1. The molecule has 6 rings (SSSR count). The van der Waals surface area contributed by atoms with Gasteiger partial charge >= 0.3 is 0 Å². The molecule has 1 saturated carbocycles. The fourth-order valence-electron chi connectivity index (χ4n) is 5.28. The van der Waals surface area contributed by atoms with Crippen molar-refractivity contribution in [1.29, 1.82) is 0 Å². The number of nitrogens with zero attached hydrogens (tertiary/aromatic N) is 4. The lowest BCUT2D eigenvalue weighted by molar-refractivity contribution is 0.287. The highest BCUT2D eigenvalue weighted by Crippen LogP contribution is 2.46. The van der Waals surface area contributed by atoms with Gasteiger partial charge in [-0.1, -0.05) is 0 Å². The molecule has 0 atom stereocenters. The minimum atomic E-state index is -0.606. The maximum absolute atomic E-state index is 15.0. The molecule has 0 radical (unpaired) electrons. The van der Waals surface area contributed by atoms with E-state index in [2.05, 4.69) is 42.5 Å². The smallest absolute Gasteiger partial charge is 0.227 e. The molecule has 2 aromatic carbocycles. The van der Waals surface area contributed by atoms with Crippen LogP contribution in [0.3, 0.4) is 0 Å². The second-order valence-electron chi connectivity index (χ2n) is 10.2. The Morgan fingerprint density at radius 1 is 1.03 bits per heavy atom. The van der Waals surface area contributed by atoms with E-state index in [-0.39, 0.29) is 23.4 Å². The molecule has 7 nitrogen and oxygen atoms in total. The molecule has 1 aliphatic carbocycles. The van der Waals surface area contributed by atoms with Crippen molar-refractivity contribution in [3.63, 3.8) is 0 Å². The average Bonchev–Trinajstić information content (AvgIpc) is 3.75. The van der Waals surface area contributed by atoms with E-state index in [0.717, 1.165) is 38.1 Å². The molecule has 194 valence electrons. The summed E-state index contributed by atoms with van der Waals surface area (Å²) in [4.78, 5) is 13.1. The van der Waals surface area contributed by atoms with Gasteiger partial charge in [0.25, 0.3) is 0 Å². The van der Waals surface area contributed by atoms with Gasteiger partial charge in [0.05, 0.1) is 18.4 Å².